The van der Waals surface area contributed by atoms with Crippen molar-refractivity contribution in [3.63, 3.8) is 0 Å². The van der Waals surface area contributed by atoms with E-state index in [2.05, 4.69) is 4.90 Å². The molecule has 1 heterocycles. The molecule has 0 bridgehead atoms. The van der Waals surface area contributed by atoms with Gasteiger partial charge in [0.15, 0.2) is 0 Å². The minimum atomic E-state index is -0.251. The lowest BCUT2D eigenvalue weighted by Gasteiger charge is -2.31. The topological polar surface area (TPSA) is 29.5 Å². The summed E-state index contributed by atoms with van der Waals surface area (Å²) >= 11 is 0. The van der Waals surface area contributed by atoms with Gasteiger partial charge in [-0.25, -0.2) is 9.18 Å². The maximum atomic E-state index is 13.2. The Bertz CT molecular complexity index is 697. The van der Waals surface area contributed by atoms with E-state index in [1.807, 2.05) is 25.1 Å². The maximum Gasteiger partial charge on any atom is 0.338 e. The van der Waals surface area contributed by atoms with Crippen LogP contribution >= 0.6 is 12.4 Å². The summed E-state index contributed by atoms with van der Waals surface area (Å²) in [6, 6.07) is 14.1. The van der Waals surface area contributed by atoms with Gasteiger partial charge in [0.25, 0.3) is 0 Å². The number of hydrogen-bond acceptors (Lipinski definition) is 3. The Labute approximate surface area is 154 Å². The fourth-order valence-corrected chi connectivity index (χ4v) is 2.99. The molecule has 0 amide bonds. The van der Waals surface area contributed by atoms with Gasteiger partial charge in [0.2, 0.25) is 0 Å². The zero-order valence-electron chi connectivity index (χ0n) is 14.3. The zero-order valence-corrected chi connectivity index (χ0v) is 15.1. The summed E-state index contributed by atoms with van der Waals surface area (Å²) in [6.45, 7) is 4.42. The number of nitrogens with zero attached hydrogens (tertiary/aromatic N) is 1. The fraction of sp³-hybridized carbons (Fsp3) is 0.350. The Kier molecular flexibility index (Phi) is 6.97. The van der Waals surface area contributed by atoms with Gasteiger partial charge in [-0.05, 0) is 49.6 Å². The molecule has 0 saturated carbocycles. The number of halogens is 2. The van der Waals surface area contributed by atoms with Crippen molar-refractivity contribution in [1.29, 1.82) is 0 Å². The van der Waals surface area contributed by atoms with Crippen LogP contribution in [0.1, 0.15) is 34.3 Å². The number of carbonyl (C=O) groups is 1. The normalized spacial score (nSPS) is 15.4. The summed E-state index contributed by atoms with van der Waals surface area (Å²) in [6.07, 6.45) is 1.59. The molecule has 0 N–H and O–H groups in total. The molecule has 0 aliphatic carbocycles. The number of esters is 1. The number of aryl methyl sites for hydroxylation is 1. The lowest BCUT2D eigenvalue weighted by atomic mass is 10.1. The first-order chi connectivity index (χ1) is 11.6. The summed E-state index contributed by atoms with van der Waals surface area (Å²) in [5.74, 6) is -0.451. The Morgan fingerprint density at radius 2 is 1.84 bits per heavy atom. The SMILES string of the molecule is Cc1ccc(C(=O)OC2CCN(Cc3cccc(F)c3)CC2)cc1.Cl. The van der Waals surface area contributed by atoms with Gasteiger partial charge in [-0.1, -0.05) is 29.8 Å². The van der Waals surface area contributed by atoms with Crippen LogP contribution in [0.15, 0.2) is 48.5 Å². The summed E-state index contributed by atoms with van der Waals surface area (Å²) in [4.78, 5) is 14.4. The smallest absolute Gasteiger partial charge is 0.338 e. The number of piperidine rings is 1. The van der Waals surface area contributed by atoms with E-state index in [0.717, 1.165) is 43.6 Å². The Morgan fingerprint density at radius 3 is 2.48 bits per heavy atom. The highest BCUT2D eigenvalue weighted by Gasteiger charge is 2.23. The standard InChI is InChI=1S/C20H22FNO2.ClH/c1-15-5-7-17(8-6-15)20(23)24-19-9-11-22(12-10-19)14-16-3-2-4-18(21)13-16;/h2-8,13,19H,9-12,14H2,1H3;1H. The van der Waals surface area contributed by atoms with Crippen molar-refractivity contribution in [2.24, 2.45) is 0 Å². The molecular formula is C20H23ClFNO2. The summed E-state index contributed by atoms with van der Waals surface area (Å²) < 4.78 is 18.8. The van der Waals surface area contributed by atoms with Crippen molar-refractivity contribution in [3.8, 4) is 0 Å². The minimum Gasteiger partial charge on any atom is -0.459 e. The highest BCUT2D eigenvalue weighted by atomic mass is 35.5. The molecule has 0 radical (unpaired) electrons. The van der Waals surface area contributed by atoms with Gasteiger partial charge in [-0.2, -0.15) is 0 Å². The molecule has 1 aliphatic heterocycles. The van der Waals surface area contributed by atoms with Crippen molar-refractivity contribution in [2.75, 3.05) is 13.1 Å². The van der Waals surface area contributed by atoms with Gasteiger partial charge in [-0.15, -0.1) is 12.4 Å². The third-order valence-electron chi connectivity index (χ3n) is 4.39. The predicted molar refractivity (Wildman–Crippen MR) is 98.5 cm³/mol. The van der Waals surface area contributed by atoms with E-state index < -0.39 is 0 Å². The lowest BCUT2D eigenvalue weighted by molar-refractivity contribution is 0.0104. The van der Waals surface area contributed by atoms with E-state index in [1.165, 1.54) is 6.07 Å². The molecule has 3 rings (SSSR count). The lowest BCUT2D eigenvalue weighted by Crippen LogP contribution is -2.37. The van der Waals surface area contributed by atoms with Gasteiger partial charge < -0.3 is 4.74 Å². The van der Waals surface area contributed by atoms with Gasteiger partial charge in [0.1, 0.15) is 11.9 Å². The fourth-order valence-electron chi connectivity index (χ4n) is 2.99. The third-order valence-corrected chi connectivity index (χ3v) is 4.39. The molecule has 0 spiro atoms. The van der Waals surface area contributed by atoms with Crippen LogP contribution in [-0.4, -0.2) is 30.1 Å². The third kappa shape index (κ3) is 5.55. The van der Waals surface area contributed by atoms with Crippen molar-refractivity contribution in [1.82, 2.24) is 4.90 Å². The number of likely N-dealkylation sites (tertiary alicyclic amines) is 1. The molecule has 0 atom stereocenters. The first-order valence-corrected chi connectivity index (χ1v) is 8.34. The van der Waals surface area contributed by atoms with Crippen molar-refractivity contribution < 1.29 is 13.9 Å². The molecule has 2 aromatic rings. The van der Waals surface area contributed by atoms with Crippen LogP contribution in [0.3, 0.4) is 0 Å². The first-order valence-electron chi connectivity index (χ1n) is 8.34. The molecule has 2 aromatic carbocycles. The average Bonchev–Trinajstić information content (AvgIpc) is 2.57. The minimum absolute atomic E-state index is 0. The molecule has 5 heteroatoms. The monoisotopic (exact) mass is 363 g/mol. The average molecular weight is 364 g/mol. The van der Waals surface area contributed by atoms with E-state index in [0.29, 0.717) is 5.56 Å². The van der Waals surface area contributed by atoms with Crippen LogP contribution in [0.5, 0.6) is 0 Å². The molecule has 1 fully saturated rings. The zero-order chi connectivity index (χ0) is 16.9. The largest absolute Gasteiger partial charge is 0.459 e. The van der Waals surface area contributed by atoms with Crippen LogP contribution in [0.4, 0.5) is 4.39 Å². The summed E-state index contributed by atoms with van der Waals surface area (Å²) in [5.41, 5.74) is 2.70. The van der Waals surface area contributed by atoms with Crippen LogP contribution in [0.2, 0.25) is 0 Å². The molecule has 3 nitrogen and oxygen atoms in total. The van der Waals surface area contributed by atoms with Crippen LogP contribution in [0.25, 0.3) is 0 Å². The molecule has 1 saturated heterocycles. The van der Waals surface area contributed by atoms with Crippen molar-refractivity contribution >= 4 is 18.4 Å². The Morgan fingerprint density at radius 1 is 1.16 bits per heavy atom. The van der Waals surface area contributed by atoms with E-state index in [1.54, 1.807) is 24.3 Å². The maximum absolute atomic E-state index is 13.2. The molecule has 25 heavy (non-hydrogen) atoms. The second-order valence-corrected chi connectivity index (χ2v) is 6.38. The van der Waals surface area contributed by atoms with Crippen molar-refractivity contribution in [3.05, 3.63) is 71.0 Å². The number of hydrogen-bond donors (Lipinski definition) is 0. The van der Waals surface area contributed by atoms with E-state index in [4.69, 9.17) is 4.74 Å². The second-order valence-electron chi connectivity index (χ2n) is 6.38. The van der Waals surface area contributed by atoms with Crippen LogP contribution in [0, 0.1) is 12.7 Å². The van der Waals surface area contributed by atoms with Crippen molar-refractivity contribution in [2.45, 2.75) is 32.4 Å². The highest BCUT2D eigenvalue weighted by Crippen LogP contribution is 2.18. The number of benzene rings is 2. The van der Waals surface area contributed by atoms with E-state index in [9.17, 15) is 9.18 Å². The first kappa shape index (κ1) is 19.4. The molecular weight excluding hydrogens is 341 g/mol. The second kappa shape index (κ2) is 8.97. The number of carbonyl (C=O) groups excluding carboxylic acids is 1. The highest BCUT2D eigenvalue weighted by molar-refractivity contribution is 5.89. The Balaban J connectivity index is 0.00000225. The molecule has 0 unspecified atom stereocenters. The predicted octanol–water partition coefficient (Wildman–Crippen LogP) is 4.38. The summed E-state index contributed by atoms with van der Waals surface area (Å²) in [7, 11) is 0. The quantitative estimate of drug-likeness (QED) is 0.755. The summed E-state index contributed by atoms with van der Waals surface area (Å²) in [5, 5.41) is 0. The van der Waals surface area contributed by atoms with Crippen LogP contribution < -0.4 is 0 Å². The van der Waals surface area contributed by atoms with Gasteiger partial charge in [0, 0.05) is 19.6 Å². The Hall–Kier alpha value is -1.91. The molecule has 0 aromatic heterocycles. The number of ether oxygens (including phenoxy) is 1. The molecule has 134 valence electrons. The van der Waals surface area contributed by atoms with Gasteiger partial charge in [0.05, 0.1) is 5.56 Å². The van der Waals surface area contributed by atoms with Gasteiger partial charge in [-0.3, -0.25) is 4.90 Å². The van der Waals surface area contributed by atoms with E-state index >= 15 is 0 Å². The van der Waals surface area contributed by atoms with E-state index in [-0.39, 0.29) is 30.3 Å². The molecule has 1 aliphatic rings. The van der Waals surface area contributed by atoms with Crippen LogP contribution in [-0.2, 0) is 11.3 Å². The van der Waals surface area contributed by atoms with Gasteiger partial charge >= 0.3 is 5.97 Å². The number of rotatable bonds is 4.